The molecule has 0 aromatic heterocycles. The summed E-state index contributed by atoms with van der Waals surface area (Å²) in [6.45, 7) is 4.21. The fourth-order valence-corrected chi connectivity index (χ4v) is 4.35. The summed E-state index contributed by atoms with van der Waals surface area (Å²) in [6, 6.07) is 19.1. The van der Waals surface area contributed by atoms with Crippen LogP contribution in [0.4, 0.5) is 5.69 Å². The number of rotatable bonds is 9. The third-order valence-corrected chi connectivity index (χ3v) is 6.46. The molecule has 0 atom stereocenters. The van der Waals surface area contributed by atoms with E-state index in [9.17, 15) is 13.2 Å². The quantitative estimate of drug-likeness (QED) is 0.469. The van der Waals surface area contributed by atoms with E-state index in [1.54, 1.807) is 25.1 Å². The van der Waals surface area contributed by atoms with Crippen LogP contribution in [0.2, 0.25) is 0 Å². The van der Waals surface area contributed by atoms with Crippen molar-refractivity contribution in [1.82, 2.24) is 5.32 Å². The first kappa shape index (κ1) is 23.9. The van der Waals surface area contributed by atoms with Crippen LogP contribution in [0.1, 0.15) is 27.0 Å². The lowest BCUT2D eigenvalue weighted by atomic mass is 10.1. The topological polar surface area (TPSA) is 84.5 Å². The molecule has 33 heavy (non-hydrogen) atoms. The van der Waals surface area contributed by atoms with Crippen LogP contribution in [0.5, 0.6) is 5.75 Å². The molecule has 0 aliphatic carbocycles. The number of anilines is 1. The Morgan fingerprint density at radius 2 is 1.73 bits per heavy atom. The largest absolute Gasteiger partial charge is 0.481 e. The van der Waals surface area contributed by atoms with E-state index in [2.05, 4.69) is 16.0 Å². The monoisotopic (exact) mass is 462 g/mol. The van der Waals surface area contributed by atoms with Crippen molar-refractivity contribution in [2.75, 3.05) is 17.9 Å². The van der Waals surface area contributed by atoms with Crippen molar-refractivity contribution in [1.29, 1.82) is 0 Å². The van der Waals surface area contributed by atoms with Gasteiger partial charge >= 0.3 is 0 Å². The average molecular weight is 463 g/mol. The maximum Gasteiger partial charge on any atom is 0.261 e. The van der Waals surface area contributed by atoms with Gasteiger partial charge in [-0.2, -0.15) is 0 Å². The Morgan fingerprint density at radius 3 is 2.42 bits per heavy atom. The van der Waals surface area contributed by atoms with Gasteiger partial charge in [-0.25, -0.2) is 8.42 Å². The van der Waals surface area contributed by atoms with E-state index in [0.717, 1.165) is 11.1 Å². The molecule has 0 bridgehead atoms. The minimum atomic E-state index is -3.84. The SMILES string of the molecule is C#CCOc1ccc(CCNC(=O)c2cc(S(=O)(=O)Nc3ccccc3C)ccc2C)cc1. The highest BCUT2D eigenvalue weighted by molar-refractivity contribution is 7.92. The zero-order valence-corrected chi connectivity index (χ0v) is 19.4. The van der Waals surface area contributed by atoms with Crippen molar-refractivity contribution in [3.63, 3.8) is 0 Å². The minimum Gasteiger partial charge on any atom is -0.481 e. The number of terminal acetylenes is 1. The normalized spacial score (nSPS) is 10.8. The smallest absolute Gasteiger partial charge is 0.261 e. The van der Waals surface area contributed by atoms with E-state index >= 15 is 0 Å². The molecule has 0 radical (unpaired) electrons. The summed E-state index contributed by atoms with van der Waals surface area (Å²) < 4.78 is 33.7. The van der Waals surface area contributed by atoms with Gasteiger partial charge in [-0.15, -0.1) is 6.42 Å². The van der Waals surface area contributed by atoms with Gasteiger partial charge in [-0.05, 0) is 67.3 Å². The molecule has 0 aliphatic rings. The molecular formula is C26H26N2O4S. The second-order valence-electron chi connectivity index (χ2n) is 7.54. The predicted molar refractivity (Wildman–Crippen MR) is 130 cm³/mol. The molecule has 3 aromatic rings. The Hall–Kier alpha value is -3.76. The Balaban J connectivity index is 1.65. The number of nitrogens with one attached hydrogen (secondary N) is 2. The molecule has 0 unspecified atom stereocenters. The number of benzene rings is 3. The first-order chi connectivity index (χ1) is 15.8. The van der Waals surface area contributed by atoms with Crippen molar-refractivity contribution >= 4 is 21.6 Å². The number of sulfonamides is 1. The first-order valence-electron chi connectivity index (χ1n) is 10.4. The first-order valence-corrected chi connectivity index (χ1v) is 11.9. The van der Waals surface area contributed by atoms with Crippen LogP contribution >= 0.6 is 0 Å². The second-order valence-corrected chi connectivity index (χ2v) is 9.22. The van der Waals surface area contributed by atoms with E-state index in [0.29, 0.717) is 35.5 Å². The standard InChI is InChI=1S/C26H26N2O4S/c1-4-17-32-22-12-10-21(11-13-22)15-16-27-26(29)24-18-23(14-9-19(24)2)33(30,31)28-25-8-6-5-7-20(25)3/h1,5-14,18,28H,15-17H2,2-3H3,(H,27,29). The maximum absolute atomic E-state index is 12.9. The molecule has 1 amide bonds. The van der Waals surface area contributed by atoms with Gasteiger partial charge < -0.3 is 10.1 Å². The number of aryl methyl sites for hydroxylation is 2. The summed E-state index contributed by atoms with van der Waals surface area (Å²) in [7, 11) is -3.84. The van der Waals surface area contributed by atoms with Gasteiger partial charge in [0.1, 0.15) is 12.4 Å². The van der Waals surface area contributed by atoms with Crippen LogP contribution in [0.3, 0.4) is 0 Å². The highest BCUT2D eigenvalue weighted by Gasteiger charge is 2.19. The van der Waals surface area contributed by atoms with E-state index in [-0.39, 0.29) is 17.4 Å². The van der Waals surface area contributed by atoms with Crippen molar-refractivity contribution in [2.24, 2.45) is 0 Å². The summed E-state index contributed by atoms with van der Waals surface area (Å²) in [5.41, 5.74) is 3.35. The lowest BCUT2D eigenvalue weighted by Crippen LogP contribution is -2.27. The number of para-hydroxylation sites is 1. The molecule has 170 valence electrons. The number of hydrogen-bond acceptors (Lipinski definition) is 4. The number of ether oxygens (including phenoxy) is 1. The van der Waals surface area contributed by atoms with Gasteiger partial charge in [0.15, 0.2) is 0 Å². The maximum atomic E-state index is 12.9. The highest BCUT2D eigenvalue weighted by Crippen LogP contribution is 2.21. The molecule has 7 heteroatoms. The second kappa shape index (κ2) is 10.7. The van der Waals surface area contributed by atoms with Gasteiger partial charge in [0.05, 0.1) is 10.6 Å². The van der Waals surface area contributed by atoms with Crippen molar-refractivity contribution in [3.05, 3.63) is 89.0 Å². The Labute approximate surface area is 195 Å². The van der Waals surface area contributed by atoms with E-state index in [4.69, 9.17) is 11.2 Å². The third-order valence-electron chi connectivity index (χ3n) is 5.10. The summed E-state index contributed by atoms with van der Waals surface area (Å²) >= 11 is 0. The molecule has 0 saturated heterocycles. The number of carbonyl (C=O) groups excluding carboxylic acids is 1. The van der Waals surface area contributed by atoms with Gasteiger partial charge in [0, 0.05) is 12.1 Å². The van der Waals surface area contributed by atoms with Crippen LogP contribution in [0, 0.1) is 26.2 Å². The molecule has 3 rings (SSSR count). The molecule has 0 saturated carbocycles. The van der Waals surface area contributed by atoms with Crippen LogP contribution in [0.15, 0.2) is 71.6 Å². The van der Waals surface area contributed by atoms with E-state index < -0.39 is 10.0 Å². The summed E-state index contributed by atoms with van der Waals surface area (Å²) in [6.07, 6.45) is 5.80. The summed E-state index contributed by atoms with van der Waals surface area (Å²) in [5, 5.41) is 2.86. The third kappa shape index (κ3) is 6.37. The number of amides is 1. The van der Waals surface area contributed by atoms with Crippen LogP contribution in [0.25, 0.3) is 0 Å². The molecule has 3 aromatic carbocycles. The van der Waals surface area contributed by atoms with Crippen LogP contribution in [-0.2, 0) is 16.4 Å². The van der Waals surface area contributed by atoms with Crippen LogP contribution in [-0.4, -0.2) is 27.5 Å². The van der Waals surface area contributed by atoms with Crippen molar-refractivity contribution in [2.45, 2.75) is 25.2 Å². The Morgan fingerprint density at radius 1 is 1.00 bits per heavy atom. The molecular weight excluding hydrogens is 436 g/mol. The Bertz CT molecular complexity index is 1280. The van der Waals surface area contributed by atoms with Gasteiger partial charge in [-0.3, -0.25) is 9.52 Å². The molecule has 2 N–H and O–H groups in total. The van der Waals surface area contributed by atoms with Gasteiger partial charge in [0.2, 0.25) is 0 Å². The zero-order valence-electron chi connectivity index (χ0n) is 18.6. The predicted octanol–water partition coefficient (Wildman–Crippen LogP) is 4.09. The van der Waals surface area contributed by atoms with Crippen molar-refractivity contribution < 1.29 is 17.9 Å². The lowest BCUT2D eigenvalue weighted by molar-refractivity contribution is 0.0953. The lowest BCUT2D eigenvalue weighted by Gasteiger charge is -2.13. The molecule has 0 heterocycles. The molecule has 6 nitrogen and oxygen atoms in total. The van der Waals surface area contributed by atoms with Crippen molar-refractivity contribution in [3.8, 4) is 18.1 Å². The zero-order chi connectivity index (χ0) is 23.8. The van der Waals surface area contributed by atoms with Gasteiger partial charge in [-0.1, -0.05) is 42.3 Å². The summed E-state index contributed by atoms with van der Waals surface area (Å²) in [4.78, 5) is 12.8. The van der Waals surface area contributed by atoms with E-state index in [1.165, 1.54) is 12.1 Å². The fraction of sp³-hybridized carbons (Fsp3) is 0.192. The fourth-order valence-electron chi connectivity index (χ4n) is 3.20. The molecule has 0 fully saturated rings. The van der Waals surface area contributed by atoms with Gasteiger partial charge in [0.25, 0.3) is 15.9 Å². The highest BCUT2D eigenvalue weighted by atomic mass is 32.2. The van der Waals surface area contributed by atoms with Crippen LogP contribution < -0.4 is 14.8 Å². The number of hydrogen-bond donors (Lipinski definition) is 2. The summed E-state index contributed by atoms with van der Waals surface area (Å²) in [5.74, 6) is 2.78. The molecule has 0 aliphatic heterocycles. The Kier molecular flexibility index (Phi) is 7.75. The van der Waals surface area contributed by atoms with E-state index in [1.807, 2.05) is 43.3 Å². The molecule has 0 spiro atoms. The minimum absolute atomic E-state index is 0.0315. The number of carbonyl (C=O) groups is 1. The average Bonchev–Trinajstić information content (AvgIpc) is 2.80.